The first-order chi connectivity index (χ1) is 9.70. The third-order valence-electron chi connectivity index (χ3n) is 2.70. The van der Waals surface area contributed by atoms with Crippen LogP contribution in [-0.4, -0.2) is 12.6 Å². The summed E-state index contributed by atoms with van der Waals surface area (Å²) in [6.45, 7) is 5.92. The second-order valence-corrected chi connectivity index (χ2v) is 4.30. The van der Waals surface area contributed by atoms with E-state index in [1.165, 1.54) is 0 Å². The molecular formula is C17H16O3. The molecule has 0 fully saturated rings. The van der Waals surface area contributed by atoms with Crippen LogP contribution in [0, 0.1) is 6.92 Å². The Kier molecular flexibility index (Phi) is 4.56. The number of ether oxygens (including phenoxy) is 2. The van der Waals surface area contributed by atoms with Gasteiger partial charge in [-0.05, 0) is 31.2 Å². The fraction of sp³-hybridized carbons (Fsp3) is 0.118. The van der Waals surface area contributed by atoms with Crippen LogP contribution < -0.4 is 9.47 Å². The van der Waals surface area contributed by atoms with Gasteiger partial charge in [0.25, 0.3) is 0 Å². The van der Waals surface area contributed by atoms with Crippen LogP contribution in [0.3, 0.4) is 0 Å². The van der Waals surface area contributed by atoms with E-state index < -0.39 is 5.97 Å². The van der Waals surface area contributed by atoms with E-state index in [1.807, 2.05) is 25.1 Å². The van der Waals surface area contributed by atoms with Crippen molar-refractivity contribution in [2.45, 2.75) is 6.92 Å². The van der Waals surface area contributed by atoms with Gasteiger partial charge in [-0.1, -0.05) is 42.5 Å². The molecule has 0 aromatic heterocycles. The maximum absolute atomic E-state index is 12.1. The van der Waals surface area contributed by atoms with Crippen LogP contribution in [0.5, 0.6) is 11.5 Å². The van der Waals surface area contributed by atoms with Crippen LogP contribution in [0.1, 0.15) is 15.9 Å². The smallest absolute Gasteiger partial charge is 0.343 e. The largest absolute Gasteiger partial charge is 0.486 e. The van der Waals surface area contributed by atoms with Crippen molar-refractivity contribution in [3.8, 4) is 11.5 Å². The quantitative estimate of drug-likeness (QED) is 0.470. The summed E-state index contributed by atoms with van der Waals surface area (Å²) in [5.41, 5.74) is 1.60. The fourth-order valence-corrected chi connectivity index (χ4v) is 1.65. The molecule has 0 amide bonds. The lowest BCUT2D eigenvalue weighted by atomic mass is 10.1. The number of rotatable bonds is 5. The number of benzene rings is 2. The highest BCUT2D eigenvalue weighted by Crippen LogP contribution is 2.27. The van der Waals surface area contributed by atoms with Crippen molar-refractivity contribution in [3.05, 3.63) is 72.3 Å². The Labute approximate surface area is 118 Å². The normalized spacial score (nSPS) is 9.85. The molecule has 0 aliphatic heterocycles. The molecule has 0 saturated heterocycles. The summed E-state index contributed by atoms with van der Waals surface area (Å²) in [7, 11) is 0. The minimum Gasteiger partial charge on any atom is -0.486 e. The number of carbonyl (C=O) groups excluding carboxylic acids is 1. The molecule has 2 aromatic carbocycles. The Balaban J connectivity index is 2.15. The lowest BCUT2D eigenvalue weighted by Gasteiger charge is -2.10. The van der Waals surface area contributed by atoms with E-state index in [1.54, 1.807) is 36.4 Å². The first-order valence-electron chi connectivity index (χ1n) is 6.32. The number of aryl methyl sites for hydroxylation is 1. The highest BCUT2D eigenvalue weighted by molar-refractivity contribution is 5.91. The Bertz CT molecular complexity index is 600. The molecule has 0 unspecified atom stereocenters. The first-order valence-corrected chi connectivity index (χ1v) is 6.32. The van der Waals surface area contributed by atoms with Gasteiger partial charge in [0.1, 0.15) is 6.61 Å². The van der Waals surface area contributed by atoms with Crippen molar-refractivity contribution in [1.29, 1.82) is 0 Å². The van der Waals surface area contributed by atoms with E-state index in [-0.39, 0.29) is 0 Å². The van der Waals surface area contributed by atoms with Crippen LogP contribution in [0.2, 0.25) is 0 Å². The monoisotopic (exact) mass is 268 g/mol. The lowest BCUT2D eigenvalue weighted by molar-refractivity contribution is 0.0729. The van der Waals surface area contributed by atoms with Crippen LogP contribution >= 0.6 is 0 Å². The van der Waals surface area contributed by atoms with Gasteiger partial charge in [0.15, 0.2) is 11.5 Å². The van der Waals surface area contributed by atoms with Gasteiger partial charge in [-0.2, -0.15) is 0 Å². The van der Waals surface area contributed by atoms with Crippen molar-refractivity contribution < 1.29 is 14.3 Å². The molecule has 0 heterocycles. The third kappa shape index (κ3) is 3.48. The predicted molar refractivity (Wildman–Crippen MR) is 78.3 cm³/mol. The molecule has 0 aliphatic rings. The third-order valence-corrected chi connectivity index (χ3v) is 2.70. The molecule has 0 radical (unpaired) electrons. The average molecular weight is 268 g/mol. The summed E-state index contributed by atoms with van der Waals surface area (Å²) in [6.07, 6.45) is 1.64. The molecule has 20 heavy (non-hydrogen) atoms. The topological polar surface area (TPSA) is 35.5 Å². The summed E-state index contributed by atoms with van der Waals surface area (Å²) in [5.74, 6) is 0.521. The standard InChI is InChI=1S/C17H16O3/c1-3-12-19-15-6-4-5-7-16(15)20-17(18)14-10-8-13(2)9-11-14/h3-11H,1,12H2,2H3. The SMILES string of the molecule is C=CCOc1ccccc1OC(=O)c1ccc(C)cc1. The van der Waals surface area contributed by atoms with Crippen molar-refractivity contribution in [3.63, 3.8) is 0 Å². The first kappa shape index (κ1) is 13.9. The van der Waals surface area contributed by atoms with E-state index in [4.69, 9.17) is 9.47 Å². The van der Waals surface area contributed by atoms with E-state index in [0.29, 0.717) is 23.7 Å². The summed E-state index contributed by atoms with van der Waals surface area (Å²) in [6, 6.07) is 14.3. The number of carbonyl (C=O) groups is 1. The highest BCUT2D eigenvalue weighted by atomic mass is 16.6. The molecule has 0 spiro atoms. The van der Waals surface area contributed by atoms with E-state index in [9.17, 15) is 4.79 Å². The predicted octanol–water partition coefficient (Wildman–Crippen LogP) is 3.78. The molecule has 0 aliphatic carbocycles. The van der Waals surface area contributed by atoms with Crippen LogP contribution in [-0.2, 0) is 0 Å². The van der Waals surface area contributed by atoms with Crippen molar-refractivity contribution in [2.75, 3.05) is 6.61 Å². The molecule has 0 bridgehead atoms. The maximum atomic E-state index is 12.1. The van der Waals surface area contributed by atoms with Gasteiger partial charge < -0.3 is 9.47 Å². The molecular weight excluding hydrogens is 252 g/mol. The van der Waals surface area contributed by atoms with Gasteiger partial charge in [-0.25, -0.2) is 4.79 Å². The number of hydrogen-bond donors (Lipinski definition) is 0. The Morgan fingerprint density at radius 3 is 2.40 bits per heavy atom. The molecule has 102 valence electrons. The molecule has 2 rings (SSSR count). The van der Waals surface area contributed by atoms with Gasteiger partial charge in [0.2, 0.25) is 0 Å². The molecule has 3 heteroatoms. The zero-order valence-electron chi connectivity index (χ0n) is 11.3. The summed E-state index contributed by atoms with van der Waals surface area (Å²) < 4.78 is 10.8. The molecule has 0 N–H and O–H groups in total. The highest BCUT2D eigenvalue weighted by Gasteiger charge is 2.11. The minimum atomic E-state index is -0.403. The fourth-order valence-electron chi connectivity index (χ4n) is 1.65. The van der Waals surface area contributed by atoms with Crippen molar-refractivity contribution in [2.24, 2.45) is 0 Å². The van der Waals surface area contributed by atoms with E-state index in [2.05, 4.69) is 6.58 Å². The summed E-state index contributed by atoms with van der Waals surface area (Å²) >= 11 is 0. The zero-order chi connectivity index (χ0) is 14.4. The van der Waals surface area contributed by atoms with E-state index in [0.717, 1.165) is 5.56 Å². The average Bonchev–Trinajstić information content (AvgIpc) is 2.47. The summed E-state index contributed by atoms with van der Waals surface area (Å²) in [4.78, 5) is 12.1. The van der Waals surface area contributed by atoms with Crippen LogP contribution in [0.15, 0.2) is 61.2 Å². The van der Waals surface area contributed by atoms with Gasteiger partial charge in [-0.3, -0.25) is 0 Å². The van der Waals surface area contributed by atoms with Gasteiger partial charge in [0, 0.05) is 0 Å². The molecule has 3 nitrogen and oxygen atoms in total. The zero-order valence-corrected chi connectivity index (χ0v) is 11.3. The minimum absolute atomic E-state index is 0.360. The molecule has 2 aromatic rings. The van der Waals surface area contributed by atoms with Crippen LogP contribution in [0.25, 0.3) is 0 Å². The Hall–Kier alpha value is -2.55. The summed E-state index contributed by atoms with van der Waals surface area (Å²) in [5, 5.41) is 0. The maximum Gasteiger partial charge on any atom is 0.343 e. The number of esters is 1. The molecule has 0 atom stereocenters. The van der Waals surface area contributed by atoms with E-state index >= 15 is 0 Å². The van der Waals surface area contributed by atoms with Crippen molar-refractivity contribution >= 4 is 5.97 Å². The number of para-hydroxylation sites is 2. The second kappa shape index (κ2) is 6.57. The Morgan fingerprint density at radius 2 is 1.75 bits per heavy atom. The lowest BCUT2D eigenvalue weighted by Crippen LogP contribution is -2.09. The Morgan fingerprint density at radius 1 is 1.10 bits per heavy atom. The van der Waals surface area contributed by atoms with Crippen molar-refractivity contribution in [1.82, 2.24) is 0 Å². The van der Waals surface area contributed by atoms with Gasteiger partial charge in [0.05, 0.1) is 5.56 Å². The van der Waals surface area contributed by atoms with Gasteiger partial charge in [-0.15, -0.1) is 0 Å². The van der Waals surface area contributed by atoms with Crippen LogP contribution in [0.4, 0.5) is 0 Å². The number of hydrogen-bond acceptors (Lipinski definition) is 3. The second-order valence-electron chi connectivity index (χ2n) is 4.30. The molecule has 0 saturated carbocycles. The van der Waals surface area contributed by atoms with Gasteiger partial charge >= 0.3 is 5.97 Å².